The molecular weight excluding hydrogens is 232 g/mol. The van der Waals surface area contributed by atoms with Crippen molar-refractivity contribution in [3.05, 3.63) is 16.6 Å². The Kier molecular flexibility index (Phi) is 3.59. The molecule has 1 saturated carbocycles. The summed E-state index contributed by atoms with van der Waals surface area (Å²) in [5.74, 6) is 0.772. The molecule has 1 aromatic heterocycles. The van der Waals surface area contributed by atoms with Gasteiger partial charge >= 0.3 is 0 Å². The molecule has 0 aromatic carbocycles. The van der Waals surface area contributed by atoms with Gasteiger partial charge in [-0.25, -0.2) is 4.98 Å². The lowest BCUT2D eigenvalue weighted by molar-refractivity contribution is -0.129. The van der Waals surface area contributed by atoms with Crippen LogP contribution in [-0.4, -0.2) is 28.2 Å². The number of alkyl halides is 1. The minimum atomic E-state index is 0.0127. The van der Waals surface area contributed by atoms with Crippen molar-refractivity contribution >= 4 is 28.8 Å². The molecule has 3 nitrogen and oxygen atoms in total. The fourth-order valence-corrected chi connectivity index (χ4v) is 2.25. The molecule has 0 bridgehead atoms. The Bertz CT molecular complexity index is 324. The molecule has 82 valence electrons. The summed E-state index contributed by atoms with van der Waals surface area (Å²) in [5, 5.41) is 2.91. The Balaban J connectivity index is 1.94. The van der Waals surface area contributed by atoms with Crippen LogP contribution in [0.25, 0.3) is 0 Å². The fraction of sp³-hybridized carbons (Fsp3) is 0.600. The predicted molar refractivity (Wildman–Crippen MR) is 61.0 cm³/mol. The van der Waals surface area contributed by atoms with Crippen LogP contribution >= 0.6 is 22.9 Å². The number of hydrogen-bond donors (Lipinski definition) is 0. The second-order valence-electron chi connectivity index (χ2n) is 3.78. The van der Waals surface area contributed by atoms with E-state index in [1.54, 1.807) is 17.5 Å². The van der Waals surface area contributed by atoms with Crippen molar-refractivity contribution in [3.63, 3.8) is 0 Å². The molecule has 1 aliphatic rings. The molecule has 1 amide bonds. The molecule has 0 aliphatic heterocycles. The number of aromatic nitrogens is 1. The number of hydrogen-bond acceptors (Lipinski definition) is 3. The smallest absolute Gasteiger partial charge is 0.237 e. The monoisotopic (exact) mass is 244 g/mol. The third-order valence-corrected chi connectivity index (χ3v) is 3.45. The Morgan fingerprint density at radius 3 is 3.00 bits per heavy atom. The van der Waals surface area contributed by atoms with E-state index >= 15 is 0 Å². The summed E-state index contributed by atoms with van der Waals surface area (Å²) in [6.45, 7) is 1.45. The van der Waals surface area contributed by atoms with Gasteiger partial charge in [-0.3, -0.25) is 4.79 Å². The molecule has 0 N–H and O–H groups in total. The van der Waals surface area contributed by atoms with Crippen molar-refractivity contribution in [3.8, 4) is 0 Å². The average molecular weight is 245 g/mol. The van der Waals surface area contributed by atoms with E-state index in [2.05, 4.69) is 4.98 Å². The third-order valence-electron chi connectivity index (χ3n) is 2.45. The first kappa shape index (κ1) is 10.9. The van der Waals surface area contributed by atoms with Gasteiger partial charge in [0, 0.05) is 18.1 Å². The van der Waals surface area contributed by atoms with Gasteiger partial charge in [-0.1, -0.05) is 0 Å². The van der Waals surface area contributed by atoms with Crippen LogP contribution in [0.1, 0.15) is 17.8 Å². The summed E-state index contributed by atoms with van der Waals surface area (Å²) >= 11 is 7.16. The van der Waals surface area contributed by atoms with E-state index in [4.69, 9.17) is 11.6 Å². The normalized spacial score (nSPS) is 15.3. The van der Waals surface area contributed by atoms with Crippen LogP contribution in [0, 0.1) is 5.92 Å². The maximum Gasteiger partial charge on any atom is 0.237 e. The van der Waals surface area contributed by atoms with Crippen LogP contribution in [-0.2, 0) is 11.3 Å². The highest BCUT2D eigenvalue weighted by molar-refractivity contribution is 7.09. The van der Waals surface area contributed by atoms with E-state index in [-0.39, 0.29) is 11.8 Å². The molecule has 1 aromatic rings. The lowest BCUT2D eigenvalue weighted by Crippen LogP contribution is -2.33. The van der Waals surface area contributed by atoms with Crippen LogP contribution < -0.4 is 0 Å². The number of carbonyl (C=O) groups is 1. The zero-order valence-corrected chi connectivity index (χ0v) is 9.93. The van der Waals surface area contributed by atoms with Crippen molar-refractivity contribution < 1.29 is 4.79 Å². The topological polar surface area (TPSA) is 33.2 Å². The number of nitrogens with zero attached hydrogens (tertiary/aromatic N) is 2. The van der Waals surface area contributed by atoms with Crippen molar-refractivity contribution in [1.82, 2.24) is 9.88 Å². The Morgan fingerprint density at radius 2 is 2.47 bits per heavy atom. The zero-order valence-electron chi connectivity index (χ0n) is 8.36. The van der Waals surface area contributed by atoms with E-state index in [0.29, 0.717) is 12.5 Å². The predicted octanol–water partition coefficient (Wildman–Crippen LogP) is 2.12. The Hall–Kier alpha value is -0.610. The van der Waals surface area contributed by atoms with Gasteiger partial charge in [-0.15, -0.1) is 22.9 Å². The molecule has 1 fully saturated rings. The standard InChI is InChI=1S/C10H13ClN2OS/c11-5-10(14)13(6-8-1-2-8)7-9-12-3-4-15-9/h3-4,8H,1-2,5-7H2. The summed E-state index contributed by atoms with van der Waals surface area (Å²) in [6, 6.07) is 0. The second kappa shape index (κ2) is 4.94. The van der Waals surface area contributed by atoms with Gasteiger partial charge in [0.2, 0.25) is 5.91 Å². The summed E-state index contributed by atoms with van der Waals surface area (Å²) in [4.78, 5) is 17.6. The Morgan fingerprint density at radius 1 is 1.67 bits per heavy atom. The Labute approximate surface area is 98.1 Å². The highest BCUT2D eigenvalue weighted by Crippen LogP contribution is 2.30. The summed E-state index contributed by atoms with van der Waals surface area (Å²) in [5.41, 5.74) is 0. The number of amides is 1. The lowest BCUT2D eigenvalue weighted by atomic mass is 10.3. The van der Waals surface area contributed by atoms with Gasteiger partial charge in [0.1, 0.15) is 10.9 Å². The molecule has 1 heterocycles. The van der Waals surface area contributed by atoms with Gasteiger partial charge in [-0.2, -0.15) is 0 Å². The van der Waals surface area contributed by atoms with Crippen LogP contribution in [0.4, 0.5) is 0 Å². The van der Waals surface area contributed by atoms with E-state index in [9.17, 15) is 4.79 Å². The number of thiazole rings is 1. The minimum Gasteiger partial charge on any atom is -0.335 e. The summed E-state index contributed by atoms with van der Waals surface area (Å²) < 4.78 is 0. The third kappa shape index (κ3) is 3.18. The molecular formula is C10H13ClN2OS. The molecule has 0 unspecified atom stereocenters. The van der Waals surface area contributed by atoms with Crippen LogP contribution in [0.15, 0.2) is 11.6 Å². The maximum atomic E-state index is 11.6. The molecule has 0 radical (unpaired) electrons. The number of halogens is 1. The maximum absolute atomic E-state index is 11.6. The second-order valence-corrected chi connectivity index (χ2v) is 5.02. The first-order valence-corrected chi connectivity index (χ1v) is 6.43. The fourth-order valence-electron chi connectivity index (χ4n) is 1.45. The van der Waals surface area contributed by atoms with E-state index in [1.807, 2.05) is 10.3 Å². The number of carbonyl (C=O) groups excluding carboxylic acids is 1. The SMILES string of the molecule is O=C(CCl)N(Cc1nccs1)CC1CC1. The lowest BCUT2D eigenvalue weighted by Gasteiger charge is -2.20. The average Bonchev–Trinajstić information content (AvgIpc) is 2.91. The van der Waals surface area contributed by atoms with Crippen molar-refractivity contribution in [2.24, 2.45) is 5.92 Å². The molecule has 0 saturated heterocycles. The summed E-state index contributed by atoms with van der Waals surface area (Å²) in [6.07, 6.45) is 4.24. The van der Waals surface area contributed by atoms with E-state index in [1.165, 1.54) is 12.8 Å². The van der Waals surface area contributed by atoms with Crippen molar-refractivity contribution in [1.29, 1.82) is 0 Å². The highest BCUT2D eigenvalue weighted by atomic mass is 35.5. The molecule has 15 heavy (non-hydrogen) atoms. The quantitative estimate of drug-likeness (QED) is 0.744. The van der Waals surface area contributed by atoms with E-state index < -0.39 is 0 Å². The summed E-state index contributed by atoms with van der Waals surface area (Å²) in [7, 11) is 0. The van der Waals surface area contributed by atoms with Gasteiger partial charge < -0.3 is 4.90 Å². The minimum absolute atomic E-state index is 0.0127. The highest BCUT2D eigenvalue weighted by Gasteiger charge is 2.26. The van der Waals surface area contributed by atoms with Crippen LogP contribution in [0.5, 0.6) is 0 Å². The first-order valence-electron chi connectivity index (χ1n) is 5.01. The molecule has 2 rings (SSSR count). The zero-order chi connectivity index (χ0) is 10.7. The number of rotatable bonds is 5. The van der Waals surface area contributed by atoms with Gasteiger partial charge in [-0.05, 0) is 18.8 Å². The molecule has 5 heteroatoms. The van der Waals surface area contributed by atoms with Gasteiger partial charge in [0.25, 0.3) is 0 Å². The largest absolute Gasteiger partial charge is 0.335 e. The molecule has 0 atom stereocenters. The van der Waals surface area contributed by atoms with Crippen LogP contribution in [0.2, 0.25) is 0 Å². The van der Waals surface area contributed by atoms with Gasteiger partial charge in [0.15, 0.2) is 0 Å². The van der Waals surface area contributed by atoms with Crippen LogP contribution in [0.3, 0.4) is 0 Å². The van der Waals surface area contributed by atoms with Crippen molar-refractivity contribution in [2.75, 3.05) is 12.4 Å². The first-order chi connectivity index (χ1) is 7.29. The molecule has 0 spiro atoms. The van der Waals surface area contributed by atoms with Crippen molar-refractivity contribution in [2.45, 2.75) is 19.4 Å². The van der Waals surface area contributed by atoms with Gasteiger partial charge in [0.05, 0.1) is 6.54 Å². The molecule has 1 aliphatic carbocycles. The van der Waals surface area contributed by atoms with E-state index in [0.717, 1.165) is 11.6 Å².